The summed E-state index contributed by atoms with van der Waals surface area (Å²) >= 11 is 0. The smallest absolute Gasteiger partial charge is 0.340 e. The second-order valence-electron chi connectivity index (χ2n) is 5.74. The van der Waals surface area contributed by atoms with Crippen molar-refractivity contribution in [3.63, 3.8) is 0 Å². The van der Waals surface area contributed by atoms with Gasteiger partial charge >= 0.3 is 6.18 Å². The number of carbonyl (C=O) groups is 1. The molecule has 0 radical (unpaired) electrons. The van der Waals surface area contributed by atoms with Crippen LogP contribution < -0.4 is 10.6 Å². The summed E-state index contributed by atoms with van der Waals surface area (Å²) in [6.07, 6.45) is -3.16. The molecule has 0 unspecified atom stereocenters. The summed E-state index contributed by atoms with van der Waals surface area (Å²) in [6.45, 7) is 1.84. The lowest BCUT2D eigenvalue weighted by Gasteiger charge is -2.13. The van der Waals surface area contributed by atoms with Gasteiger partial charge in [0.25, 0.3) is 5.91 Å². The van der Waals surface area contributed by atoms with Gasteiger partial charge in [0.15, 0.2) is 0 Å². The van der Waals surface area contributed by atoms with Crippen LogP contribution in [0.3, 0.4) is 0 Å². The van der Waals surface area contributed by atoms with Crippen LogP contribution in [-0.4, -0.2) is 15.9 Å². The molecular weight excluding hydrogens is 357 g/mol. The Morgan fingerprint density at radius 2 is 1.63 bits per heavy atom. The van der Waals surface area contributed by atoms with Gasteiger partial charge in [-0.15, -0.1) is 0 Å². The Bertz CT molecular complexity index is 956. The highest BCUT2D eigenvalue weighted by Crippen LogP contribution is 2.32. The summed E-state index contributed by atoms with van der Waals surface area (Å²) in [5.74, 6) is -0.214. The van der Waals surface area contributed by atoms with Gasteiger partial charge in [0.2, 0.25) is 0 Å². The van der Waals surface area contributed by atoms with Gasteiger partial charge in [0, 0.05) is 23.1 Å². The topological polar surface area (TPSA) is 66.9 Å². The third-order valence-corrected chi connectivity index (χ3v) is 3.70. The predicted molar refractivity (Wildman–Crippen MR) is 95.9 cm³/mol. The van der Waals surface area contributed by atoms with Crippen molar-refractivity contribution in [3.05, 3.63) is 77.7 Å². The van der Waals surface area contributed by atoms with Crippen LogP contribution >= 0.6 is 0 Å². The molecule has 0 atom stereocenters. The number of hydrogen-bond acceptors (Lipinski definition) is 4. The van der Waals surface area contributed by atoms with Crippen LogP contribution in [0.1, 0.15) is 21.6 Å². The molecular formula is C19H15F3N4O. The summed E-state index contributed by atoms with van der Waals surface area (Å²) in [5.41, 5.74) is 0.492. The van der Waals surface area contributed by atoms with Crippen molar-refractivity contribution in [1.29, 1.82) is 0 Å². The number of aromatic nitrogens is 2. The number of rotatable bonds is 4. The minimum absolute atomic E-state index is 0.376. The third kappa shape index (κ3) is 4.60. The molecule has 0 aliphatic carbocycles. The molecule has 5 nitrogen and oxygen atoms in total. The standard InChI is InChI=1S/C19H15F3N4O/c1-12-10-17(24-11-23-12)25-13-6-8-14(9-7-13)26-18(27)15-4-2-3-5-16(15)19(20,21)22/h2-11H,1H3,(H,26,27)(H,23,24,25). The number of anilines is 3. The molecule has 0 saturated heterocycles. The van der Waals surface area contributed by atoms with Crippen LogP contribution in [0.15, 0.2) is 60.9 Å². The number of amides is 1. The number of nitrogens with one attached hydrogen (secondary N) is 2. The molecule has 27 heavy (non-hydrogen) atoms. The van der Waals surface area contributed by atoms with Crippen molar-refractivity contribution < 1.29 is 18.0 Å². The van der Waals surface area contributed by atoms with Crippen molar-refractivity contribution in [1.82, 2.24) is 9.97 Å². The quantitative estimate of drug-likeness (QED) is 0.690. The summed E-state index contributed by atoms with van der Waals surface area (Å²) in [6, 6.07) is 13.0. The molecule has 8 heteroatoms. The Kier molecular flexibility index (Phi) is 5.07. The maximum atomic E-state index is 13.0. The Hall–Kier alpha value is -3.42. The molecule has 0 saturated carbocycles. The molecule has 0 fully saturated rings. The SMILES string of the molecule is Cc1cc(Nc2ccc(NC(=O)c3ccccc3C(F)(F)F)cc2)ncn1. The van der Waals surface area contributed by atoms with Gasteiger partial charge < -0.3 is 10.6 Å². The number of nitrogens with zero attached hydrogens (tertiary/aromatic N) is 2. The fourth-order valence-electron chi connectivity index (χ4n) is 2.43. The highest BCUT2D eigenvalue weighted by molar-refractivity contribution is 6.05. The first-order valence-electron chi connectivity index (χ1n) is 7.96. The van der Waals surface area contributed by atoms with Crippen molar-refractivity contribution in [2.24, 2.45) is 0 Å². The van der Waals surface area contributed by atoms with Crippen LogP contribution in [-0.2, 0) is 6.18 Å². The fraction of sp³-hybridized carbons (Fsp3) is 0.105. The van der Waals surface area contributed by atoms with E-state index < -0.39 is 23.2 Å². The molecule has 0 bridgehead atoms. The van der Waals surface area contributed by atoms with E-state index in [0.717, 1.165) is 17.8 Å². The summed E-state index contributed by atoms with van der Waals surface area (Å²) in [4.78, 5) is 20.3. The maximum absolute atomic E-state index is 13.0. The zero-order chi connectivity index (χ0) is 19.4. The summed E-state index contributed by atoms with van der Waals surface area (Å²) in [5, 5.41) is 5.55. The number of hydrogen-bond donors (Lipinski definition) is 2. The van der Waals surface area contributed by atoms with Crippen molar-refractivity contribution >= 4 is 23.1 Å². The Balaban J connectivity index is 1.73. The van der Waals surface area contributed by atoms with Gasteiger partial charge in [-0.1, -0.05) is 12.1 Å². The zero-order valence-electron chi connectivity index (χ0n) is 14.2. The van der Waals surface area contributed by atoms with E-state index in [2.05, 4.69) is 20.6 Å². The largest absolute Gasteiger partial charge is 0.417 e. The molecule has 0 aliphatic rings. The molecule has 0 spiro atoms. The van der Waals surface area contributed by atoms with Gasteiger partial charge in [-0.05, 0) is 43.3 Å². The molecule has 0 aliphatic heterocycles. The number of carbonyl (C=O) groups excluding carboxylic acids is 1. The lowest BCUT2D eigenvalue weighted by atomic mass is 10.1. The molecule has 3 aromatic rings. The normalized spacial score (nSPS) is 11.1. The lowest BCUT2D eigenvalue weighted by molar-refractivity contribution is -0.137. The average Bonchev–Trinajstić information content (AvgIpc) is 2.63. The second kappa shape index (κ2) is 7.45. The molecule has 3 rings (SSSR count). The monoisotopic (exact) mass is 372 g/mol. The molecule has 138 valence electrons. The highest BCUT2D eigenvalue weighted by atomic mass is 19.4. The van der Waals surface area contributed by atoms with Gasteiger partial charge in [0.05, 0.1) is 11.1 Å². The van der Waals surface area contributed by atoms with Gasteiger partial charge in [-0.2, -0.15) is 13.2 Å². The molecule has 2 aromatic carbocycles. The number of alkyl halides is 3. The minimum Gasteiger partial charge on any atom is -0.340 e. The van der Waals surface area contributed by atoms with E-state index in [-0.39, 0.29) is 0 Å². The van der Waals surface area contributed by atoms with Crippen molar-refractivity contribution in [2.45, 2.75) is 13.1 Å². The van der Waals surface area contributed by atoms with Gasteiger partial charge in [0.1, 0.15) is 12.1 Å². The number of halogens is 3. The highest BCUT2D eigenvalue weighted by Gasteiger charge is 2.34. The van der Waals surface area contributed by atoms with E-state index in [1.165, 1.54) is 18.5 Å². The van der Waals surface area contributed by atoms with E-state index in [4.69, 9.17) is 0 Å². The first-order valence-corrected chi connectivity index (χ1v) is 7.96. The van der Waals surface area contributed by atoms with Crippen LogP contribution in [0.4, 0.5) is 30.4 Å². The first-order chi connectivity index (χ1) is 12.8. The van der Waals surface area contributed by atoms with Crippen LogP contribution in [0.5, 0.6) is 0 Å². The van der Waals surface area contributed by atoms with E-state index in [9.17, 15) is 18.0 Å². The van der Waals surface area contributed by atoms with E-state index >= 15 is 0 Å². The Morgan fingerprint density at radius 1 is 0.963 bits per heavy atom. The minimum atomic E-state index is -4.60. The van der Waals surface area contributed by atoms with Crippen LogP contribution in [0, 0.1) is 6.92 Å². The van der Waals surface area contributed by atoms with Gasteiger partial charge in [-0.25, -0.2) is 9.97 Å². The molecule has 1 heterocycles. The zero-order valence-corrected chi connectivity index (χ0v) is 14.2. The maximum Gasteiger partial charge on any atom is 0.417 e. The first kappa shape index (κ1) is 18.4. The summed E-state index contributed by atoms with van der Waals surface area (Å²) < 4.78 is 39.1. The lowest BCUT2D eigenvalue weighted by Crippen LogP contribution is -2.18. The predicted octanol–water partition coefficient (Wildman–Crippen LogP) is 4.80. The van der Waals surface area contributed by atoms with E-state index in [1.807, 2.05) is 6.92 Å². The fourth-order valence-corrected chi connectivity index (χ4v) is 2.43. The average molecular weight is 372 g/mol. The molecule has 2 N–H and O–H groups in total. The van der Waals surface area contributed by atoms with Crippen molar-refractivity contribution in [2.75, 3.05) is 10.6 Å². The van der Waals surface area contributed by atoms with E-state index in [0.29, 0.717) is 17.2 Å². The number of benzene rings is 2. The van der Waals surface area contributed by atoms with Crippen molar-refractivity contribution in [3.8, 4) is 0 Å². The molecule has 1 aromatic heterocycles. The van der Waals surface area contributed by atoms with E-state index in [1.54, 1.807) is 30.3 Å². The third-order valence-electron chi connectivity index (χ3n) is 3.70. The molecule has 1 amide bonds. The van der Waals surface area contributed by atoms with Gasteiger partial charge in [-0.3, -0.25) is 4.79 Å². The number of aryl methyl sites for hydroxylation is 1. The van der Waals surface area contributed by atoms with Crippen LogP contribution in [0.2, 0.25) is 0 Å². The second-order valence-corrected chi connectivity index (χ2v) is 5.74. The van der Waals surface area contributed by atoms with Crippen LogP contribution in [0.25, 0.3) is 0 Å². The Labute approximate surface area is 153 Å². The Morgan fingerprint density at radius 3 is 2.30 bits per heavy atom. The summed E-state index contributed by atoms with van der Waals surface area (Å²) in [7, 11) is 0.